The van der Waals surface area contributed by atoms with Gasteiger partial charge in [-0.05, 0) is 13.8 Å². The van der Waals surface area contributed by atoms with Crippen LogP contribution in [0.2, 0.25) is 0 Å². The summed E-state index contributed by atoms with van der Waals surface area (Å²) < 4.78 is 0. The van der Waals surface area contributed by atoms with Crippen LogP contribution in [0, 0.1) is 17.0 Å². The molecular weight excluding hydrogens is 198 g/mol. The Kier molecular flexibility index (Phi) is 3.37. The Hall–Kier alpha value is -1.92. The minimum atomic E-state index is -0.479. The summed E-state index contributed by atoms with van der Waals surface area (Å²) in [4.78, 5) is 18.2. The summed E-state index contributed by atoms with van der Waals surface area (Å²) in [5.41, 5.74) is 0.270. The molecule has 0 spiro atoms. The van der Waals surface area contributed by atoms with Crippen molar-refractivity contribution >= 4 is 17.5 Å². The second kappa shape index (κ2) is 4.54. The molecule has 0 saturated carbocycles. The van der Waals surface area contributed by atoms with Crippen LogP contribution in [-0.4, -0.2) is 28.5 Å². The first-order chi connectivity index (χ1) is 7.10. The fraction of sp³-hybridized carbons (Fsp3) is 0.500. The van der Waals surface area contributed by atoms with E-state index in [0.717, 1.165) is 0 Å². The molecule has 1 aromatic heterocycles. The third-order valence-electron chi connectivity index (χ3n) is 1.81. The summed E-state index contributed by atoms with van der Waals surface area (Å²) in [7, 11) is 1.66. The first kappa shape index (κ1) is 11.2. The summed E-state index contributed by atoms with van der Waals surface area (Å²) >= 11 is 0. The highest BCUT2D eigenvalue weighted by atomic mass is 16.6. The smallest absolute Gasteiger partial charge is 0.332 e. The van der Waals surface area contributed by atoms with Crippen molar-refractivity contribution in [2.24, 2.45) is 0 Å². The molecule has 2 N–H and O–H groups in total. The van der Waals surface area contributed by atoms with Gasteiger partial charge in [0.15, 0.2) is 0 Å². The standard InChI is InChI=1S/C8H13N5O2/c1-4-10-7-6(13(14)15)5(2)11-8(9-3)12-7/h4H2,1-3H3,(H2,9,10,11,12). The second-order valence-electron chi connectivity index (χ2n) is 2.87. The molecule has 1 heterocycles. The monoisotopic (exact) mass is 211 g/mol. The van der Waals surface area contributed by atoms with Gasteiger partial charge >= 0.3 is 5.69 Å². The van der Waals surface area contributed by atoms with Crippen molar-refractivity contribution in [2.45, 2.75) is 13.8 Å². The molecule has 0 aromatic carbocycles. The molecule has 0 amide bonds. The fourth-order valence-electron chi connectivity index (χ4n) is 1.19. The van der Waals surface area contributed by atoms with Gasteiger partial charge in [0.25, 0.3) is 0 Å². The van der Waals surface area contributed by atoms with Gasteiger partial charge < -0.3 is 10.6 Å². The lowest BCUT2D eigenvalue weighted by Gasteiger charge is -2.07. The molecule has 1 aromatic rings. The zero-order chi connectivity index (χ0) is 11.4. The summed E-state index contributed by atoms with van der Waals surface area (Å²) in [5, 5.41) is 16.4. The number of anilines is 2. The van der Waals surface area contributed by atoms with Crippen molar-refractivity contribution < 1.29 is 4.92 Å². The predicted molar refractivity (Wildman–Crippen MR) is 57.1 cm³/mol. The molecule has 82 valence electrons. The first-order valence-corrected chi connectivity index (χ1v) is 4.54. The van der Waals surface area contributed by atoms with E-state index < -0.39 is 4.92 Å². The van der Waals surface area contributed by atoms with Gasteiger partial charge in [-0.3, -0.25) is 10.1 Å². The van der Waals surface area contributed by atoms with Crippen molar-refractivity contribution in [3.05, 3.63) is 15.8 Å². The number of aromatic nitrogens is 2. The highest BCUT2D eigenvalue weighted by molar-refractivity contribution is 5.60. The molecule has 0 unspecified atom stereocenters. The third kappa shape index (κ3) is 2.30. The van der Waals surface area contributed by atoms with E-state index in [4.69, 9.17) is 0 Å². The van der Waals surface area contributed by atoms with Crippen LogP contribution in [0.3, 0.4) is 0 Å². The lowest BCUT2D eigenvalue weighted by molar-refractivity contribution is -0.385. The zero-order valence-corrected chi connectivity index (χ0v) is 8.87. The second-order valence-corrected chi connectivity index (χ2v) is 2.87. The topological polar surface area (TPSA) is 93.0 Å². The maximum Gasteiger partial charge on any atom is 0.332 e. The van der Waals surface area contributed by atoms with Gasteiger partial charge in [0, 0.05) is 13.6 Å². The van der Waals surface area contributed by atoms with Gasteiger partial charge in [-0.15, -0.1) is 0 Å². The number of rotatable bonds is 4. The van der Waals surface area contributed by atoms with Crippen molar-refractivity contribution in [2.75, 3.05) is 24.2 Å². The van der Waals surface area contributed by atoms with Gasteiger partial charge in [0.1, 0.15) is 5.69 Å². The highest BCUT2D eigenvalue weighted by Crippen LogP contribution is 2.25. The molecule has 0 saturated heterocycles. The van der Waals surface area contributed by atoms with Crippen LogP contribution in [0.25, 0.3) is 0 Å². The molecule has 0 radical (unpaired) electrons. The molecular formula is C8H13N5O2. The normalized spacial score (nSPS) is 9.80. The van der Waals surface area contributed by atoms with E-state index in [1.165, 1.54) is 0 Å². The molecule has 15 heavy (non-hydrogen) atoms. The van der Waals surface area contributed by atoms with Gasteiger partial charge in [-0.1, -0.05) is 0 Å². The van der Waals surface area contributed by atoms with Crippen LogP contribution in [0.4, 0.5) is 17.5 Å². The van der Waals surface area contributed by atoms with E-state index in [2.05, 4.69) is 20.6 Å². The molecule has 7 nitrogen and oxygen atoms in total. The number of hydrogen-bond acceptors (Lipinski definition) is 6. The minimum absolute atomic E-state index is 0.0733. The van der Waals surface area contributed by atoms with Crippen LogP contribution < -0.4 is 10.6 Å². The largest absolute Gasteiger partial charge is 0.364 e. The lowest BCUT2D eigenvalue weighted by Crippen LogP contribution is -2.09. The van der Waals surface area contributed by atoms with Gasteiger partial charge in [0.2, 0.25) is 11.8 Å². The van der Waals surface area contributed by atoms with Crippen LogP contribution in [0.15, 0.2) is 0 Å². The predicted octanol–water partition coefficient (Wildman–Crippen LogP) is 1.17. The van der Waals surface area contributed by atoms with E-state index in [0.29, 0.717) is 18.2 Å². The van der Waals surface area contributed by atoms with Crippen molar-refractivity contribution in [3.8, 4) is 0 Å². The third-order valence-corrected chi connectivity index (χ3v) is 1.81. The average molecular weight is 211 g/mol. The van der Waals surface area contributed by atoms with Crippen LogP contribution >= 0.6 is 0 Å². The fourth-order valence-corrected chi connectivity index (χ4v) is 1.19. The number of nitrogens with zero attached hydrogens (tertiary/aromatic N) is 3. The Morgan fingerprint density at radius 2 is 2.13 bits per heavy atom. The van der Waals surface area contributed by atoms with Gasteiger partial charge in [0.05, 0.1) is 4.92 Å². The van der Waals surface area contributed by atoms with E-state index in [1.54, 1.807) is 14.0 Å². The maximum atomic E-state index is 10.8. The molecule has 0 bridgehead atoms. The molecule has 0 aliphatic carbocycles. The summed E-state index contributed by atoms with van der Waals surface area (Å²) in [6.45, 7) is 4.00. The van der Waals surface area contributed by atoms with Crippen LogP contribution in [-0.2, 0) is 0 Å². The molecule has 0 fully saturated rings. The first-order valence-electron chi connectivity index (χ1n) is 4.54. The Morgan fingerprint density at radius 1 is 1.47 bits per heavy atom. The maximum absolute atomic E-state index is 10.8. The van der Waals surface area contributed by atoms with E-state index in [-0.39, 0.29) is 11.5 Å². The minimum Gasteiger partial charge on any atom is -0.364 e. The number of aryl methyl sites for hydroxylation is 1. The molecule has 0 atom stereocenters. The number of nitro groups is 1. The Balaban J connectivity index is 3.28. The van der Waals surface area contributed by atoms with Crippen LogP contribution in [0.1, 0.15) is 12.6 Å². The molecule has 0 aliphatic rings. The van der Waals surface area contributed by atoms with E-state index >= 15 is 0 Å². The summed E-state index contributed by atoms with van der Waals surface area (Å²) in [6, 6.07) is 0. The average Bonchev–Trinajstić information content (AvgIpc) is 2.16. The SMILES string of the molecule is CCNc1nc(NC)nc(C)c1[N+](=O)[O-]. The highest BCUT2D eigenvalue weighted by Gasteiger charge is 2.20. The quantitative estimate of drug-likeness (QED) is 0.573. The molecule has 7 heteroatoms. The summed E-state index contributed by atoms with van der Waals surface area (Å²) in [6.07, 6.45) is 0. The number of nitrogens with one attached hydrogen (secondary N) is 2. The lowest BCUT2D eigenvalue weighted by atomic mass is 10.3. The van der Waals surface area contributed by atoms with E-state index in [1.807, 2.05) is 6.92 Å². The summed E-state index contributed by atoms with van der Waals surface area (Å²) in [5.74, 6) is 0.619. The Labute approximate surface area is 87.1 Å². The van der Waals surface area contributed by atoms with Crippen molar-refractivity contribution in [1.82, 2.24) is 9.97 Å². The van der Waals surface area contributed by atoms with Crippen molar-refractivity contribution in [3.63, 3.8) is 0 Å². The molecule has 0 aliphatic heterocycles. The van der Waals surface area contributed by atoms with Gasteiger partial charge in [-0.25, -0.2) is 4.98 Å². The number of hydrogen-bond donors (Lipinski definition) is 2. The molecule has 1 rings (SSSR count). The van der Waals surface area contributed by atoms with E-state index in [9.17, 15) is 10.1 Å². The zero-order valence-electron chi connectivity index (χ0n) is 8.87. The van der Waals surface area contributed by atoms with Crippen LogP contribution in [0.5, 0.6) is 0 Å². The Morgan fingerprint density at radius 3 is 2.60 bits per heavy atom. The van der Waals surface area contributed by atoms with Crippen molar-refractivity contribution in [1.29, 1.82) is 0 Å². The van der Waals surface area contributed by atoms with Gasteiger partial charge in [-0.2, -0.15) is 4.98 Å². The Bertz CT molecular complexity index is 380.